The van der Waals surface area contributed by atoms with Gasteiger partial charge in [0, 0.05) is 0 Å². The Kier molecular flexibility index (Phi) is 4.03. The lowest BCUT2D eigenvalue weighted by Crippen LogP contribution is -2.20. The van der Waals surface area contributed by atoms with Gasteiger partial charge in [-0.15, -0.1) is 22.2 Å². The van der Waals surface area contributed by atoms with E-state index < -0.39 is 14.8 Å². The van der Waals surface area contributed by atoms with E-state index in [2.05, 4.69) is 0 Å². The average Bonchev–Trinajstić information content (AvgIpc) is 1.21. The molecule has 0 unspecified atom stereocenters. The molecule has 0 rings (SSSR count). The molecule has 8 heavy (non-hydrogen) atoms. The Hall–Kier alpha value is 1.30. The lowest BCUT2D eigenvalue weighted by atomic mass is 11.8. The standard InChI is InChI=1S/C3H8Cl3Si2/c1-8(2,6)3-7(4)5/h3H2,1-2H3. The highest BCUT2D eigenvalue weighted by Gasteiger charge is 2.22. The summed E-state index contributed by atoms with van der Waals surface area (Å²) in [6, 6.07) is 0. The molecule has 0 saturated heterocycles. The second-order valence-corrected chi connectivity index (χ2v) is 14.2. The van der Waals surface area contributed by atoms with E-state index in [0.29, 0.717) is 0 Å². The number of hydrogen-bond donors (Lipinski definition) is 0. The van der Waals surface area contributed by atoms with Crippen LogP contribution in [0.1, 0.15) is 0 Å². The summed E-state index contributed by atoms with van der Waals surface area (Å²) < 4.78 is 0. The topological polar surface area (TPSA) is 0 Å². The van der Waals surface area contributed by atoms with Crippen LogP contribution in [0.15, 0.2) is 0 Å². The maximum absolute atomic E-state index is 5.92. The molecule has 0 heterocycles. The van der Waals surface area contributed by atoms with Crippen LogP contribution in [-0.2, 0) is 0 Å². The summed E-state index contributed by atoms with van der Waals surface area (Å²) in [7, 11) is -2.58. The van der Waals surface area contributed by atoms with Crippen LogP contribution in [0.25, 0.3) is 0 Å². The largest absolute Gasteiger partial charge is 0.272 e. The molecular formula is C3H8Cl3Si2. The molecule has 0 spiro atoms. The van der Waals surface area contributed by atoms with Crippen molar-refractivity contribution in [2.24, 2.45) is 0 Å². The zero-order valence-corrected chi connectivity index (χ0v) is 9.11. The summed E-state index contributed by atoms with van der Waals surface area (Å²) in [6.07, 6.45) is 0. The van der Waals surface area contributed by atoms with Gasteiger partial charge < -0.3 is 0 Å². The number of hydrogen-bond acceptors (Lipinski definition) is 0. The quantitative estimate of drug-likeness (QED) is 0.482. The van der Waals surface area contributed by atoms with Crippen LogP contribution in [0.2, 0.25) is 18.8 Å². The van der Waals surface area contributed by atoms with Crippen molar-refractivity contribution >= 4 is 48.0 Å². The summed E-state index contributed by atoms with van der Waals surface area (Å²) in [4.78, 5) is 0. The fraction of sp³-hybridized carbons (Fsp3) is 1.00. The van der Waals surface area contributed by atoms with Crippen LogP contribution < -0.4 is 0 Å². The zero-order valence-electron chi connectivity index (χ0n) is 4.84. The van der Waals surface area contributed by atoms with Gasteiger partial charge in [-0.2, -0.15) is 11.1 Å². The van der Waals surface area contributed by atoms with E-state index in [1.165, 1.54) is 0 Å². The minimum atomic E-state index is -1.47. The molecule has 0 aliphatic heterocycles. The van der Waals surface area contributed by atoms with E-state index >= 15 is 0 Å². The molecule has 0 aliphatic rings. The second-order valence-electron chi connectivity index (χ2n) is 2.23. The van der Waals surface area contributed by atoms with Gasteiger partial charge in [-0.1, -0.05) is 13.1 Å². The first-order valence-corrected chi connectivity index (χ1v) is 10.2. The lowest BCUT2D eigenvalue weighted by molar-refractivity contribution is 1.77. The summed E-state index contributed by atoms with van der Waals surface area (Å²) in [6.45, 7) is 4.09. The molecule has 0 aromatic rings. The smallest absolute Gasteiger partial charge is 0.168 e. The SMILES string of the molecule is C[Si](C)(Cl)C[Si](Cl)Cl. The van der Waals surface area contributed by atoms with Gasteiger partial charge in [0.15, 0.2) is 0 Å². The lowest BCUT2D eigenvalue weighted by Gasteiger charge is -2.10. The Morgan fingerprint density at radius 2 is 1.75 bits per heavy atom. The van der Waals surface area contributed by atoms with Crippen LogP contribution in [0.4, 0.5) is 0 Å². The summed E-state index contributed by atoms with van der Waals surface area (Å²) in [5, 5.41) is 0. The number of rotatable bonds is 2. The molecule has 5 heteroatoms. The Bertz CT molecular complexity index is 67.4. The van der Waals surface area contributed by atoms with Crippen molar-refractivity contribution in [1.29, 1.82) is 0 Å². The van der Waals surface area contributed by atoms with E-state index in [1.807, 2.05) is 13.1 Å². The molecule has 0 nitrogen and oxygen atoms in total. The third-order valence-electron chi connectivity index (χ3n) is 0.554. The second kappa shape index (κ2) is 3.47. The molecule has 0 fully saturated rings. The first-order chi connectivity index (χ1) is 3.42. The summed E-state index contributed by atoms with van der Waals surface area (Å²) >= 11 is 17.1. The molecule has 0 N–H and O–H groups in total. The Morgan fingerprint density at radius 3 is 1.75 bits per heavy atom. The maximum atomic E-state index is 5.92. The highest BCUT2D eigenvalue weighted by Crippen LogP contribution is 2.18. The monoisotopic (exact) mass is 205 g/mol. The van der Waals surface area contributed by atoms with Crippen LogP contribution in [0.3, 0.4) is 0 Å². The minimum Gasteiger partial charge on any atom is -0.168 e. The van der Waals surface area contributed by atoms with Crippen LogP contribution in [0.5, 0.6) is 0 Å². The third kappa shape index (κ3) is 7.30. The van der Waals surface area contributed by atoms with Gasteiger partial charge in [-0.25, -0.2) is 0 Å². The van der Waals surface area contributed by atoms with Crippen molar-refractivity contribution in [1.82, 2.24) is 0 Å². The molecular weight excluding hydrogens is 199 g/mol. The average molecular weight is 207 g/mol. The molecule has 1 radical (unpaired) electrons. The molecule has 0 amide bonds. The minimum absolute atomic E-state index is 0.863. The van der Waals surface area contributed by atoms with Gasteiger partial charge in [0.2, 0.25) is 0 Å². The van der Waals surface area contributed by atoms with E-state index in [0.717, 1.165) is 5.67 Å². The van der Waals surface area contributed by atoms with Gasteiger partial charge in [0.25, 0.3) is 7.42 Å². The highest BCUT2D eigenvalue weighted by atomic mass is 35.7. The maximum Gasteiger partial charge on any atom is 0.272 e. The van der Waals surface area contributed by atoms with Crippen molar-refractivity contribution in [2.75, 3.05) is 0 Å². The van der Waals surface area contributed by atoms with E-state index in [4.69, 9.17) is 33.2 Å². The van der Waals surface area contributed by atoms with Gasteiger partial charge in [0.1, 0.15) is 7.38 Å². The zero-order chi connectivity index (χ0) is 6.78. The normalized spacial score (nSPS) is 12.8. The fourth-order valence-corrected chi connectivity index (χ4v) is 11.3. The molecule has 0 saturated carbocycles. The molecule has 0 aromatic carbocycles. The fourth-order valence-electron chi connectivity index (χ4n) is 0.318. The predicted octanol–water partition coefficient (Wildman–Crippen LogP) is 2.94. The van der Waals surface area contributed by atoms with Crippen LogP contribution in [0, 0.1) is 0 Å². The van der Waals surface area contributed by atoms with E-state index in [9.17, 15) is 0 Å². The summed E-state index contributed by atoms with van der Waals surface area (Å²) in [5.74, 6) is 0. The molecule has 0 aliphatic carbocycles. The van der Waals surface area contributed by atoms with Crippen molar-refractivity contribution < 1.29 is 0 Å². The number of halogens is 3. The molecule has 0 bridgehead atoms. The van der Waals surface area contributed by atoms with Crippen molar-refractivity contribution in [3.05, 3.63) is 0 Å². The Balaban J connectivity index is 3.39. The van der Waals surface area contributed by atoms with E-state index in [-0.39, 0.29) is 0 Å². The molecule has 0 atom stereocenters. The Morgan fingerprint density at radius 1 is 1.38 bits per heavy atom. The molecule has 0 aromatic heterocycles. The van der Waals surface area contributed by atoms with Crippen LogP contribution >= 0.6 is 33.2 Å². The van der Waals surface area contributed by atoms with Crippen LogP contribution in [-0.4, -0.2) is 14.8 Å². The Labute approximate surface area is 66.9 Å². The first kappa shape index (κ1) is 9.30. The predicted molar refractivity (Wildman–Crippen MR) is 45.6 cm³/mol. The van der Waals surface area contributed by atoms with Gasteiger partial charge in [0.05, 0.1) is 0 Å². The van der Waals surface area contributed by atoms with Gasteiger partial charge >= 0.3 is 0 Å². The van der Waals surface area contributed by atoms with E-state index in [1.54, 1.807) is 0 Å². The van der Waals surface area contributed by atoms with Crippen molar-refractivity contribution in [3.8, 4) is 0 Å². The van der Waals surface area contributed by atoms with Crippen molar-refractivity contribution in [2.45, 2.75) is 18.8 Å². The highest BCUT2D eigenvalue weighted by molar-refractivity contribution is 7.40. The van der Waals surface area contributed by atoms with Gasteiger partial charge in [-0.05, 0) is 5.67 Å². The van der Waals surface area contributed by atoms with Crippen molar-refractivity contribution in [3.63, 3.8) is 0 Å². The van der Waals surface area contributed by atoms with Gasteiger partial charge in [-0.3, -0.25) is 0 Å². The first-order valence-electron chi connectivity index (χ1n) is 2.27. The molecule has 49 valence electrons. The third-order valence-corrected chi connectivity index (χ3v) is 8.59. The summed E-state index contributed by atoms with van der Waals surface area (Å²) in [5.41, 5.74) is 0.863.